The lowest BCUT2D eigenvalue weighted by molar-refractivity contribution is 0.122. The largest absolute Gasteiger partial charge is 0.378 e. The molecule has 7 nitrogen and oxygen atoms in total. The molecule has 1 aliphatic heterocycles. The fourth-order valence-corrected chi connectivity index (χ4v) is 2.77. The van der Waals surface area contributed by atoms with Crippen molar-refractivity contribution in [3.05, 3.63) is 41.1 Å². The van der Waals surface area contributed by atoms with Gasteiger partial charge < -0.3 is 20.7 Å². The fourth-order valence-electron chi connectivity index (χ4n) is 2.77. The number of anilines is 2. The molecule has 132 valence electrons. The molecule has 3 rings (SSSR count). The molecule has 0 spiro atoms. The molecule has 0 aliphatic carbocycles. The van der Waals surface area contributed by atoms with Crippen molar-refractivity contribution in [1.29, 1.82) is 0 Å². The zero-order valence-corrected chi connectivity index (χ0v) is 14.9. The third-order valence-electron chi connectivity index (χ3n) is 4.03. The average molecular weight is 340 g/mol. The van der Waals surface area contributed by atoms with Gasteiger partial charge in [-0.15, -0.1) is 0 Å². The molecule has 2 aromatic rings. The SMILES string of the molecule is Cc1ccc(NC(N)=Nc2nc(C)cc(N3CCOCC3)n2)c(C)c1. The Hall–Kier alpha value is -2.67. The van der Waals surface area contributed by atoms with Crippen molar-refractivity contribution in [3.63, 3.8) is 0 Å². The summed E-state index contributed by atoms with van der Waals surface area (Å²) >= 11 is 0. The maximum atomic E-state index is 6.05. The Morgan fingerprint density at radius 2 is 1.92 bits per heavy atom. The van der Waals surface area contributed by atoms with E-state index in [1.165, 1.54) is 5.56 Å². The number of ether oxygens (including phenoxy) is 1. The van der Waals surface area contributed by atoms with Crippen LogP contribution in [0.25, 0.3) is 0 Å². The van der Waals surface area contributed by atoms with Gasteiger partial charge >= 0.3 is 0 Å². The van der Waals surface area contributed by atoms with Crippen molar-refractivity contribution < 1.29 is 4.74 Å². The first-order valence-corrected chi connectivity index (χ1v) is 8.38. The van der Waals surface area contributed by atoms with Crippen molar-refractivity contribution in [2.75, 3.05) is 36.5 Å². The van der Waals surface area contributed by atoms with E-state index in [0.717, 1.165) is 35.9 Å². The van der Waals surface area contributed by atoms with E-state index >= 15 is 0 Å². The molecule has 1 aromatic carbocycles. The summed E-state index contributed by atoms with van der Waals surface area (Å²) in [5.74, 6) is 1.48. The van der Waals surface area contributed by atoms with Gasteiger partial charge in [0.1, 0.15) is 5.82 Å². The highest BCUT2D eigenvalue weighted by molar-refractivity contribution is 5.94. The van der Waals surface area contributed by atoms with E-state index in [0.29, 0.717) is 19.2 Å². The monoisotopic (exact) mass is 340 g/mol. The highest BCUT2D eigenvalue weighted by Gasteiger charge is 2.14. The minimum Gasteiger partial charge on any atom is -0.378 e. The van der Waals surface area contributed by atoms with E-state index in [9.17, 15) is 0 Å². The minimum atomic E-state index is 0.269. The molecule has 1 aromatic heterocycles. The van der Waals surface area contributed by atoms with Gasteiger partial charge in [-0.25, -0.2) is 4.98 Å². The van der Waals surface area contributed by atoms with Crippen LogP contribution in [0.15, 0.2) is 29.3 Å². The molecule has 0 unspecified atom stereocenters. The third kappa shape index (κ3) is 4.45. The van der Waals surface area contributed by atoms with Crippen LogP contribution in [0.5, 0.6) is 0 Å². The summed E-state index contributed by atoms with van der Waals surface area (Å²) in [7, 11) is 0. The van der Waals surface area contributed by atoms with E-state index in [2.05, 4.69) is 38.2 Å². The Kier molecular flexibility index (Phi) is 5.14. The zero-order valence-electron chi connectivity index (χ0n) is 14.9. The van der Waals surface area contributed by atoms with Gasteiger partial charge in [0.25, 0.3) is 5.95 Å². The summed E-state index contributed by atoms with van der Waals surface area (Å²) in [6, 6.07) is 8.07. The second-order valence-corrected chi connectivity index (χ2v) is 6.21. The summed E-state index contributed by atoms with van der Waals surface area (Å²) in [6.07, 6.45) is 0. The van der Waals surface area contributed by atoms with Crippen molar-refractivity contribution in [3.8, 4) is 0 Å². The van der Waals surface area contributed by atoms with Crippen LogP contribution < -0.4 is 16.0 Å². The van der Waals surface area contributed by atoms with Crippen LogP contribution in [-0.4, -0.2) is 42.2 Å². The molecule has 2 heterocycles. The van der Waals surface area contributed by atoms with E-state index in [1.54, 1.807) is 0 Å². The molecule has 25 heavy (non-hydrogen) atoms. The Morgan fingerprint density at radius 1 is 1.16 bits per heavy atom. The van der Waals surface area contributed by atoms with Gasteiger partial charge in [-0.1, -0.05) is 17.7 Å². The summed E-state index contributed by atoms with van der Waals surface area (Å²) in [5, 5.41) is 3.12. The maximum Gasteiger partial charge on any atom is 0.254 e. The van der Waals surface area contributed by atoms with E-state index in [1.807, 2.05) is 32.0 Å². The van der Waals surface area contributed by atoms with Gasteiger partial charge in [-0.2, -0.15) is 9.98 Å². The molecular formula is C18H24N6O. The van der Waals surface area contributed by atoms with Crippen LogP contribution in [0, 0.1) is 20.8 Å². The molecular weight excluding hydrogens is 316 g/mol. The maximum absolute atomic E-state index is 6.05. The second-order valence-electron chi connectivity index (χ2n) is 6.21. The van der Waals surface area contributed by atoms with Crippen molar-refractivity contribution in [2.24, 2.45) is 10.7 Å². The highest BCUT2D eigenvalue weighted by Crippen LogP contribution is 2.19. The van der Waals surface area contributed by atoms with Gasteiger partial charge in [0, 0.05) is 30.5 Å². The number of nitrogens with one attached hydrogen (secondary N) is 1. The van der Waals surface area contributed by atoms with Gasteiger partial charge in [0.05, 0.1) is 13.2 Å². The van der Waals surface area contributed by atoms with Crippen LogP contribution in [0.1, 0.15) is 16.8 Å². The standard InChI is InChI=1S/C18H24N6O/c1-12-4-5-15(13(2)10-12)21-17(19)23-18-20-14(3)11-16(22-18)24-6-8-25-9-7-24/h4-5,10-11H,6-9H2,1-3H3,(H3,19,20,21,22,23). The lowest BCUT2D eigenvalue weighted by Crippen LogP contribution is -2.36. The lowest BCUT2D eigenvalue weighted by Gasteiger charge is -2.27. The smallest absolute Gasteiger partial charge is 0.254 e. The Morgan fingerprint density at radius 3 is 2.64 bits per heavy atom. The number of aromatic nitrogens is 2. The average Bonchev–Trinajstić information content (AvgIpc) is 2.58. The van der Waals surface area contributed by atoms with E-state index in [-0.39, 0.29) is 5.96 Å². The number of guanidine groups is 1. The molecule has 7 heteroatoms. The van der Waals surface area contributed by atoms with E-state index in [4.69, 9.17) is 10.5 Å². The number of hydrogen-bond acceptors (Lipinski definition) is 5. The minimum absolute atomic E-state index is 0.269. The van der Waals surface area contributed by atoms with Gasteiger partial charge in [0.15, 0.2) is 0 Å². The number of nitrogens with two attached hydrogens (primary N) is 1. The van der Waals surface area contributed by atoms with Crippen LogP contribution in [0.3, 0.4) is 0 Å². The predicted molar refractivity (Wildman–Crippen MR) is 101 cm³/mol. The first-order valence-electron chi connectivity index (χ1n) is 8.38. The number of hydrogen-bond donors (Lipinski definition) is 2. The second kappa shape index (κ2) is 7.48. The molecule has 0 radical (unpaired) electrons. The van der Waals surface area contributed by atoms with Crippen LogP contribution in [0.2, 0.25) is 0 Å². The molecule has 1 aliphatic rings. The van der Waals surface area contributed by atoms with Crippen molar-refractivity contribution in [1.82, 2.24) is 9.97 Å². The first-order chi connectivity index (χ1) is 12.0. The number of benzene rings is 1. The number of aliphatic imine (C=N–C) groups is 1. The quantitative estimate of drug-likeness (QED) is 0.658. The van der Waals surface area contributed by atoms with Crippen molar-refractivity contribution >= 4 is 23.4 Å². The molecule has 0 bridgehead atoms. The zero-order chi connectivity index (χ0) is 17.8. The Labute approximate surface area is 147 Å². The summed E-state index contributed by atoms with van der Waals surface area (Å²) in [5.41, 5.74) is 10.1. The molecule has 0 amide bonds. The third-order valence-corrected chi connectivity index (χ3v) is 4.03. The van der Waals surface area contributed by atoms with Gasteiger partial charge in [-0.3, -0.25) is 0 Å². The molecule has 1 saturated heterocycles. The van der Waals surface area contributed by atoms with Crippen LogP contribution in [-0.2, 0) is 4.74 Å². The number of aryl methyl sites for hydroxylation is 3. The number of rotatable bonds is 3. The Balaban J connectivity index is 1.80. The van der Waals surface area contributed by atoms with Crippen LogP contribution in [0.4, 0.5) is 17.5 Å². The first kappa shape index (κ1) is 17.2. The summed E-state index contributed by atoms with van der Waals surface area (Å²) in [6.45, 7) is 9.06. The molecule has 1 fully saturated rings. The van der Waals surface area contributed by atoms with Gasteiger partial charge in [-0.05, 0) is 32.4 Å². The van der Waals surface area contributed by atoms with Crippen LogP contribution >= 0.6 is 0 Å². The topological polar surface area (TPSA) is 88.7 Å². The fraction of sp³-hybridized carbons (Fsp3) is 0.389. The van der Waals surface area contributed by atoms with Gasteiger partial charge in [0.2, 0.25) is 5.96 Å². The predicted octanol–water partition coefficient (Wildman–Crippen LogP) is 2.30. The molecule has 0 saturated carbocycles. The number of nitrogens with zero attached hydrogens (tertiary/aromatic N) is 4. The summed E-state index contributed by atoms with van der Waals surface area (Å²) < 4.78 is 5.39. The Bertz CT molecular complexity index is 783. The molecule has 0 atom stereocenters. The molecule has 3 N–H and O–H groups in total. The summed E-state index contributed by atoms with van der Waals surface area (Å²) in [4.78, 5) is 15.4. The van der Waals surface area contributed by atoms with Crippen molar-refractivity contribution in [2.45, 2.75) is 20.8 Å². The highest BCUT2D eigenvalue weighted by atomic mass is 16.5. The number of morpholine rings is 1. The lowest BCUT2D eigenvalue weighted by atomic mass is 10.1. The van der Waals surface area contributed by atoms with E-state index < -0.39 is 0 Å². The normalized spacial score (nSPS) is 15.3.